The fourth-order valence-corrected chi connectivity index (χ4v) is 2.70. The first-order valence-electron chi connectivity index (χ1n) is 7.05. The SMILES string of the molecule is COc1ccc([C@@H]2CCc3cc(OC)c(O)cc3O2)cc1O. The average Bonchev–Trinajstić information content (AvgIpc) is 2.53. The van der Waals surface area contributed by atoms with Gasteiger partial charge in [-0.3, -0.25) is 0 Å². The molecular weight excluding hydrogens is 284 g/mol. The topological polar surface area (TPSA) is 68.2 Å². The smallest absolute Gasteiger partial charge is 0.161 e. The molecule has 0 spiro atoms. The lowest BCUT2D eigenvalue weighted by Crippen LogP contribution is -2.15. The molecule has 0 aromatic heterocycles. The number of fused-ring (bicyclic) bond motifs is 1. The summed E-state index contributed by atoms with van der Waals surface area (Å²) in [4.78, 5) is 0. The molecule has 5 nitrogen and oxygen atoms in total. The summed E-state index contributed by atoms with van der Waals surface area (Å²) in [6.07, 6.45) is 1.42. The van der Waals surface area contributed by atoms with Gasteiger partial charge in [0, 0.05) is 6.07 Å². The fraction of sp³-hybridized carbons (Fsp3) is 0.294. The predicted octanol–water partition coefficient (Wildman–Crippen LogP) is 3.18. The molecule has 3 rings (SSSR count). The quantitative estimate of drug-likeness (QED) is 0.911. The van der Waals surface area contributed by atoms with Crippen LogP contribution in [0.2, 0.25) is 0 Å². The first kappa shape index (κ1) is 14.4. The van der Waals surface area contributed by atoms with E-state index in [0.29, 0.717) is 17.2 Å². The number of phenolic OH excluding ortho intramolecular Hbond substituents is 2. The van der Waals surface area contributed by atoms with Gasteiger partial charge in [0.15, 0.2) is 23.0 Å². The minimum atomic E-state index is -0.169. The zero-order valence-corrected chi connectivity index (χ0v) is 12.5. The Hall–Kier alpha value is -2.56. The summed E-state index contributed by atoms with van der Waals surface area (Å²) in [5.74, 6) is 1.67. The molecule has 5 heteroatoms. The molecule has 0 bridgehead atoms. The van der Waals surface area contributed by atoms with Crippen molar-refractivity contribution in [3.05, 3.63) is 41.5 Å². The van der Waals surface area contributed by atoms with Gasteiger partial charge in [-0.15, -0.1) is 0 Å². The molecular formula is C17H18O5. The van der Waals surface area contributed by atoms with E-state index in [9.17, 15) is 10.2 Å². The monoisotopic (exact) mass is 302 g/mol. The number of phenols is 2. The lowest BCUT2D eigenvalue weighted by atomic mass is 9.97. The Labute approximate surface area is 128 Å². The maximum atomic E-state index is 9.89. The number of benzene rings is 2. The Kier molecular flexibility index (Phi) is 3.71. The van der Waals surface area contributed by atoms with Gasteiger partial charge in [-0.05, 0) is 42.2 Å². The van der Waals surface area contributed by atoms with Crippen LogP contribution < -0.4 is 14.2 Å². The highest BCUT2D eigenvalue weighted by atomic mass is 16.5. The van der Waals surface area contributed by atoms with Crippen LogP contribution in [-0.4, -0.2) is 24.4 Å². The number of hydrogen-bond donors (Lipinski definition) is 2. The van der Waals surface area contributed by atoms with Crippen molar-refractivity contribution in [3.63, 3.8) is 0 Å². The van der Waals surface area contributed by atoms with Crippen LogP contribution in [0.1, 0.15) is 23.7 Å². The summed E-state index contributed by atoms with van der Waals surface area (Å²) in [6, 6.07) is 8.61. The molecule has 2 N–H and O–H groups in total. The number of hydrogen-bond acceptors (Lipinski definition) is 5. The third-order valence-electron chi connectivity index (χ3n) is 3.88. The summed E-state index contributed by atoms with van der Waals surface area (Å²) in [5, 5.41) is 19.8. The van der Waals surface area contributed by atoms with Crippen molar-refractivity contribution in [3.8, 4) is 28.7 Å². The van der Waals surface area contributed by atoms with Crippen molar-refractivity contribution in [2.75, 3.05) is 14.2 Å². The van der Waals surface area contributed by atoms with E-state index in [1.165, 1.54) is 14.2 Å². The molecule has 0 amide bonds. The summed E-state index contributed by atoms with van der Waals surface area (Å²) in [6.45, 7) is 0. The molecule has 1 heterocycles. The normalized spacial score (nSPS) is 16.5. The Bertz CT molecular complexity index is 696. The summed E-state index contributed by atoms with van der Waals surface area (Å²) in [7, 11) is 3.03. The Morgan fingerprint density at radius 3 is 2.41 bits per heavy atom. The number of aromatic hydroxyl groups is 2. The molecule has 0 unspecified atom stereocenters. The van der Waals surface area contributed by atoms with Crippen molar-refractivity contribution in [1.29, 1.82) is 0 Å². The Morgan fingerprint density at radius 2 is 1.73 bits per heavy atom. The molecule has 0 fully saturated rings. The van der Waals surface area contributed by atoms with Crippen LogP contribution in [0.4, 0.5) is 0 Å². The second-order valence-electron chi connectivity index (χ2n) is 5.21. The highest BCUT2D eigenvalue weighted by Gasteiger charge is 2.24. The van der Waals surface area contributed by atoms with Crippen LogP contribution in [0, 0.1) is 0 Å². The van der Waals surface area contributed by atoms with Crippen LogP contribution in [0.5, 0.6) is 28.7 Å². The van der Waals surface area contributed by atoms with Gasteiger partial charge in [0.1, 0.15) is 11.9 Å². The maximum Gasteiger partial charge on any atom is 0.161 e. The van der Waals surface area contributed by atoms with Gasteiger partial charge in [-0.2, -0.15) is 0 Å². The van der Waals surface area contributed by atoms with Crippen molar-refractivity contribution in [2.24, 2.45) is 0 Å². The first-order chi connectivity index (χ1) is 10.6. The molecule has 1 atom stereocenters. The van der Waals surface area contributed by atoms with Crippen LogP contribution in [0.3, 0.4) is 0 Å². The number of methoxy groups -OCH3 is 2. The molecule has 1 aliphatic rings. The van der Waals surface area contributed by atoms with Gasteiger partial charge in [-0.25, -0.2) is 0 Å². The third kappa shape index (κ3) is 2.50. The van der Waals surface area contributed by atoms with Crippen LogP contribution in [0.15, 0.2) is 30.3 Å². The number of ether oxygens (including phenoxy) is 3. The minimum absolute atomic E-state index is 0.0551. The van der Waals surface area contributed by atoms with Crippen molar-refractivity contribution >= 4 is 0 Å². The Balaban J connectivity index is 1.88. The molecule has 2 aromatic rings. The molecule has 22 heavy (non-hydrogen) atoms. The standard InChI is InChI=1S/C17H18O5/c1-20-15-6-4-10(7-12(15)18)14-5-3-11-8-17(21-2)13(19)9-16(11)22-14/h4,6-9,14,18-19H,3,5H2,1-2H3/t14-/m0/s1. The fourth-order valence-electron chi connectivity index (χ4n) is 2.70. The summed E-state index contributed by atoms with van der Waals surface area (Å²) < 4.78 is 16.1. The highest BCUT2D eigenvalue weighted by molar-refractivity contribution is 5.51. The van der Waals surface area contributed by atoms with Crippen LogP contribution >= 0.6 is 0 Å². The van der Waals surface area contributed by atoms with Crippen molar-refractivity contribution < 1.29 is 24.4 Å². The predicted molar refractivity (Wildman–Crippen MR) is 81.0 cm³/mol. The van der Waals surface area contributed by atoms with E-state index in [1.807, 2.05) is 6.07 Å². The van der Waals surface area contributed by atoms with Crippen molar-refractivity contribution in [1.82, 2.24) is 0 Å². The van der Waals surface area contributed by atoms with Crippen LogP contribution in [-0.2, 0) is 6.42 Å². The lowest BCUT2D eigenvalue weighted by Gasteiger charge is -2.27. The average molecular weight is 302 g/mol. The second kappa shape index (κ2) is 5.67. The van der Waals surface area contributed by atoms with Gasteiger partial charge in [0.25, 0.3) is 0 Å². The second-order valence-corrected chi connectivity index (χ2v) is 5.21. The number of aryl methyl sites for hydroxylation is 1. The van der Waals surface area contributed by atoms with Gasteiger partial charge < -0.3 is 24.4 Å². The van der Waals surface area contributed by atoms with E-state index in [2.05, 4.69) is 0 Å². The van der Waals surface area contributed by atoms with Gasteiger partial charge in [0.2, 0.25) is 0 Å². The maximum absolute atomic E-state index is 9.89. The van der Waals surface area contributed by atoms with E-state index >= 15 is 0 Å². The zero-order chi connectivity index (χ0) is 15.7. The molecule has 0 saturated heterocycles. The summed E-state index contributed by atoms with van der Waals surface area (Å²) >= 11 is 0. The van der Waals surface area contributed by atoms with Crippen LogP contribution in [0.25, 0.3) is 0 Å². The van der Waals surface area contributed by atoms with Gasteiger partial charge in [-0.1, -0.05) is 6.07 Å². The minimum Gasteiger partial charge on any atom is -0.504 e. The van der Waals surface area contributed by atoms with E-state index in [0.717, 1.165) is 24.0 Å². The molecule has 116 valence electrons. The van der Waals surface area contributed by atoms with Crippen molar-refractivity contribution in [2.45, 2.75) is 18.9 Å². The summed E-state index contributed by atoms with van der Waals surface area (Å²) in [5.41, 5.74) is 1.88. The zero-order valence-electron chi connectivity index (χ0n) is 12.5. The van der Waals surface area contributed by atoms with E-state index in [4.69, 9.17) is 14.2 Å². The highest BCUT2D eigenvalue weighted by Crippen LogP contribution is 2.42. The number of rotatable bonds is 3. The van der Waals surface area contributed by atoms with E-state index in [-0.39, 0.29) is 17.6 Å². The van der Waals surface area contributed by atoms with E-state index < -0.39 is 0 Å². The van der Waals surface area contributed by atoms with Gasteiger partial charge in [0.05, 0.1) is 14.2 Å². The first-order valence-corrected chi connectivity index (χ1v) is 7.05. The Morgan fingerprint density at radius 1 is 1.00 bits per heavy atom. The van der Waals surface area contributed by atoms with E-state index in [1.54, 1.807) is 24.3 Å². The molecule has 0 aliphatic carbocycles. The molecule has 2 aromatic carbocycles. The van der Waals surface area contributed by atoms with Gasteiger partial charge >= 0.3 is 0 Å². The molecule has 0 saturated carbocycles. The third-order valence-corrected chi connectivity index (χ3v) is 3.88. The molecule has 0 radical (unpaired) electrons. The lowest BCUT2D eigenvalue weighted by molar-refractivity contribution is 0.175. The molecule has 1 aliphatic heterocycles. The largest absolute Gasteiger partial charge is 0.504 e.